The third kappa shape index (κ3) is 1.86. The lowest BCUT2D eigenvalue weighted by Crippen LogP contribution is -2.46. The highest BCUT2D eigenvalue weighted by atomic mass is 16.7. The maximum absolute atomic E-state index is 11.9. The number of ether oxygens (including phenoxy) is 2. The van der Waals surface area contributed by atoms with Crippen molar-refractivity contribution in [3.05, 3.63) is 12.7 Å². The van der Waals surface area contributed by atoms with Gasteiger partial charge in [-0.15, -0.1) is 6.58 Å². The average molecular weight is 210 g/mol. The Balaban J connectivity index is 2.16. The van der Waals surface area contributed by atoms with E-state index in [2.05, 4.69) is 6.58 Å². The molecule has 0 aromatic rings. The van der Waals surface area contributed by atoms with Gasteiger partial charge in [-0.2, -0.15) is 0 Å². The molecule has 15 heavy (non-hydrogen) atoms. The summed E-state index contributed by atoms with van der Waals surface area (Å²) in [7, 11) is 0. The molecule has 1 aliphatic carbocycles. The fourth-order valence-corrected chi connectivity index (χ4v) is 2.64. The van der Waals surface area contributed by atoms with Gasteiger partial charge in [-0.1, -0.05) is 13.0 Å². The van der Waals surface area contributed by atoms with Crippen LogP contribution in [0.15, 0.2) is 12.7 Å². The van der Waals surface area contributed by atoms with Crippen LogP contribution >= 0.6 is 0 Å². The molecule has 1 saturated carbocycles. The number of ketones is 1. The summed E-state index contributed by atoms with van der Waals surface area (Å²) in [6, 6.07) is 0. The topological polar surface area (TPSA) is 35.5 Å². The van der Waals surface area contributed by atoms with Crippen molar-refractivity contribution in [2.75, 3.05) is 13.2 Å². The molecule has 0 bridgehead atoms. The third-order valence-electron chi connectivity index (χ3n) is 3.47. The van der Waals surface area contributed by atoms with Crippen molar-refractivity contribution in [3.8, 4) is 0 Å². The van der Waals surface area contributed by atoms with E-state index in [4.69, 9.17) is 9.47 Å². The summed E-state index contributed by atoms with van der Waals surface area (Å²) < 4.78 is 11.3. The van der Waals surface area contributed by atoms with Gasteiger partial charge in [0, 0.05) is 24.7 Å². The maximum atomic E-state index is 11.9. The van der Waals surface area contributed by atoms with E-state index in [1.165, 1.54) is 0 Å². The van der Waals surface area contributed by atoms with Crippen molar-refractivity contribution in [1.29, 1.82) is 0 Å². The number of hydrogen-bond donors (Lipinski definition) is 0. The summed E-state index contributed by atoms with van der Waals surface area (Å²) >= 11 is 0. The standard InChI is InChI=1S/C12H18O3/c1-3-5-11(2)9-12(6-4-10(11)13)14-7-8-15-12/h3H,1,4-9H2,2H3/t11-/m0/s1. The number of rotatable bonds is 2. The molecule has 84 valence electrons. The molecular formula is C12H18O3. The minimum Gasteiger partial charge on any atom is -0.347 e. The smallest absolute Gasteiger partial charge is 0.169 e. The molecule has 0 radical (unpaired) electrons. The molecule has 0 aromatic carbocycles. The molecule has 0 N–H and O–H groups in total. The predicted molar refractivity (Wildman–Crippen MR) is 56.4 cm³/mol. The molecule has 3 heteroatoms. The van der Waals surface area contributed by atoms with Crippen molar-refractivity contribution in [2.45, 2.75) is 38.4 Å². The van der Waals surface area contributed by atoms with E-state index in [-0.39, 0.29) is 5.41 Å². The molecule has 2 fully saturated rings. The van der Waals surface area contributed by atoms with Gasteiger partial charge >= 0.3 is 0 Å². The molecule has 1 spiro atoms. The van der Waals surface area contributed by atoms with Crippen LogP contribution in [0, 0.1) is 5.41 Å². The second-order valence-corrected chi connectivity index (χ2v) is 4.76. The second-order valence-electron chi connectivity index (χ2n) is 4.76. The van der Waals surface area contributed by atoms with Gasteiger partial charge in [0.15, 0.2) is 5.79 Å². The Kier molecular flexibility index (Phi) is 2.69. The van der Waals surface area contributed by atoms with E-state index in [1.807, 2.05) is 13.0 Å². The van der Waals surface area contributed by atoms with E-state index in [0.29, 0.717) is 44.7 Å². The van der Waals surface area contributed by atoms with Gasteiger partial charge in [0.25, 0.3) is 0 Å². The fraction of sp³-hybridized carbons (Fsp3) is 0.750. The van der Waals surface area contributed by atoms with Crippen molar-refractivity contribution >= 4 is 5.78 Å². The Hall–Kier alpha value is -0.670. The summed E-state index contributed by atoms with van der Waals surface area (Å²) in [5.41, 5.74) is -0.343. The number of carbonyl (C=O) groups is 1. The van der Waals surface area contributed by atoms with Crippen LogP contribution in [0.3, 0.4) is 0 Å². The number of allylic oxidation sites excluding steroid dienone is 1. The van der Waals surface area contributed by atoms with E-state index < -0.39 is 5.79 Å². The van der Waals surface area contributed by atoms with Gasteiger partial charge in [0.05, 0.1) is 13.2 Å². The van der Waals surface area contributed by atoms with E-state index in [0.717, 1.165) is 0 Å². The highest BCUT2D eigenvalue weighted by molar-refractivity contribution is 5.85. The SMILES string of the molecule is C=CC[C@@]1(C)CC2(CCC1=O)OCCO2. The fourth-order valence-electron chi connectivity index (χ4n) is 2.64. The summed E-state index contributed by atoms with van der Waals surface area (Å²) in [6.07, 6.45) is 4.46. The van der Waals surface area contributed by atoms with Gasteiger partial charge in [-0.05, 0) is 6.42 Å². The summed E-state index contributed by atoms with van der Waals surface area (Å²) in [6.45, 7) is 7.01. The highest BCUT2D eigenvalue weighted by Crippen LogP contribution is 2.45. The summed E-state index contributed by atoms with van der Waals surface area (Å²) in [5, 5.41) is 0. The molecule has 2 aliphatic rings. The molecule has 3 nitrogen and oxygen atoms in total. The summed E-state index contributed by atoms with van der Waals surface area (Å²) in [5.74, 6) is -0.168. The van der Waals surface area contributed by atoms with Crippen LogP contribution < -0.4 is 0 Å². The predicted octanol–water partition coefficient (Wildman–Crippen LogP) is 2.06. The summed E-state index contributed by atoms with van der Waals surface area (Å²) in [4.78, 5) is 11.9. The average Bonchev–Trinajstić information content (AvgIpc) is 2.62. The Labute approximate surface area is 90.4 Å². The van der Waals surface area contributed by atoms with Crippen LogP contribution in [0.1, 0.15) is 32.6 Å². The molecule has 0 aromatic heterocycles. The van der Waals surface area contributed by atoms with Crippen LogP contribution in [0.5, 0.6) is 0 Å². The van der Waals surface area contributed by atoms with Gasteiger partial charge in [-0.25, -0.2) is 0 Å². The molecule has 0 unspecified atom stereocenters. The van der Waals surface area contributed by atoms with E-state index in [1.54, 1.807) is 0 Å². The zero-order valence-electron chi connectivity index (χ0n) is 9.25. The van der Waals surface area contributed by atoms with Gasteiger partial charge < -0.3 is 9.47 Å². The van der Waals surface area contributed by atoms with E-state index in [9.17, 15) is 4.79 Å². The molecule has 1 saturated heterocycles. The quantitative estimate of drug-likeness (QED) is 0.654. The lowest BCUT2D eigenvalue weighted by Gasteiger charge is -2.41. The molecule has 1 aliphatic heterocycles. The normalized spacial score (nSPS) is 34.6. The first-order valence-electron chi connectivity index (χ1n) is 5.52. The maximum Gasteiger partial charge on any atom is 0.169 e. The van der Waals surface area contributed by atoms with Crippen molar-refractivity contribution in [2.24, 2.45) is 5.41 Å². The third-order valence-corrected chi connectivity index (χ3v) is 3.47. The van der Waals surface area contributed by atoms with Crippen LogP contribution in [0.4, 0.5) is 0 Å². The number of hydrogen-bond acceptors (Lipinski definition) is 3. The lowest BCUT2D eigenvalue weighted by molar-refractivity contribution is -0.200. The Morgan fingerprint density at radius 1 is 1.47 bits per heavy atom. The second kappa shape index (κ2) is 3.72. The van der Waals surface area contributed by atoms with Crippen molar-refractivity contribution in [1.82, 2.24) is 0 Å². The van der Waals surface area contributed by atoms with Crippen molar-refractivity contribution in [3.63, 3.8) is 0 Å². The van der Waals surface area contributed by atoms with Gasteiger partial charge in [0.1, 0.15) is 5.78 Å². The van der Waals surface area contributed by atoms with Crippen LogP contribution in [-0.4, -0.2) is 24.8 Å². The Bertz CT molecular complexity index is 279. The zero-order chi connectivity index (χ0) is 10.9. The minimum absolute atomic E-state index is 0.312. The Morgan fingerprint density at radius 3 is 2.73 bits per heavy atom. The van der Waals surface area contributed by atoms with Crippen LogP contribution in [-0.2, 0) is 14.3 Å². The molecule has 1 atom stereocenters. The lowest BCUT2D eigenvalue weighted by atomic mass is 9.70. The molecule has 2 rings (SSSR count). The first kappa shape index (κ1) is 10.8. The molecule has 1 heterocycles. The molecular weight excluding hydrogens is 192 g/mol. The largest absolute Gasteiger partial charge is 0.347 e. The minimum atomic E-state index is -0.480. The Morgan fingerprint density at radius 2 is 2.13 bits per heavy atom. The first-order valence-corrected chi connectivity index (χ1v) is 5.52. The number of Topliss-reactive ketones (excluding diaryl/α,β-unsaturated/α-hetero) is 1. The zero-order valence-corrected chi connectivity index (χ0v) is 9.25. The molecule has 0 amide bonds. The van der Waals surface area contributed by atoms with E-state index >= 15 is 0 Å². The first-order chi connectivity index (χ1) is 7.10. The van der Waals surface area contributed by atoms with Crippen LogP contribution in [0.25, 0.3) is 0 Å². The van der Waals surface area contributed by atoms with Gasteiger partial charge in [0.2, 0.25) is 0 Å². The monoisotopic (exact) mass is 210 g/mol. The van der Waals surface area contributed by atoms with Crippen LogP contribution in [0.2, 0.25) is 0 Å². The van der Waals surface area contributed by atoms with Gasteiger partial charge in [-0.3, -0.25) is 4.79 Å². The number of carbonyl (C=O) groups excluding carboxylic acids is 1. The highest BCUT2D eigenvalue weighted by Gasteiger charge is 2.49. The van der Waals surface area contributed by atoms with Crippen molar-refractivity contribution < 1.29 is 14.3 Å².